The van der Waals surface area contributed by atoms with Gasteiger partial charge >= 0.3 is 0 Å². The summed E-state index contributed by atoms with van der Waals surface area (Å²) in [6.45, 7) is 16.2. The second kappa shape index (κ2) is 9.10. The first-order chi connectivity index (χ1) is 15.6. The second-order valence-corrected chi connectivity index (χ2v) is 13.1. The minimum atomic E-state index is -3.60. The summed E-state index contributed by atoms with van der Waals surface area (Å²) >= 11 is 0. The predicted octanol–water partition coefficient (Wildman–Crippen LogP) is 7.31. The van der Waals surface area contributed by atoms with Crippen molar-refractivity contribution in [1.29, 1.82) is 0 Å². The Morgan fingerprint density at radius 2 is 0.912 bits per heavy atom. The van der Waals surface area contributed by atoms with Gasteiger partial charge in [0.2, 0.25) is 9.84 Å². The molecule has 0 fully saturated rings. The first kappa shape index (κ1) is 25.8. The number of hydrogen-bond donors (Lipinski definition) is 0. The fourth-order valence-corrected chi connectivity index (χ4v) is 4.85. The van der Waals surface area contributed by atoms with Crippen LogP contribution in [0.25, 0.3) is 0 Å². The van der Waals surface area contributed by atoms with E-state index < -0.39 is 15.4 Å². The van der Waals surface area contributed by atoms with Crippen molar-refractivity contribution in [3.05, 3.63) is 83.9 Å². The van der Waals surface area contributed by atoms with Crippen molar-refractivity contribution in [1.82, 2.24) is 0 Å². The molecule has 0 N–H and O–H groups in total. The Balaban J connectivity index is 1.77. The van der Waals surface area contributed by atoms with E-state index in [1.165, 1.54) is 0 Å². The van der Waals surface area contributed by atoms with Crippen molar-refractivity contribution in [3.63, 3.8) is 0 Å². The lowest BCUT2D eigenvalue weighted by molar-refractivity contribution is 0.107. The Morgan fingerprint density at radius 1 is 0.529 bits per heavy atom. The molecule has 0 saturated heterocycles. The van der Waals surface area contributed by atoms with Crippen molar-refractivity contribution in [3.8, 4) is 11.5 Å². The van der Waals surface area contributed by atoms with Crippen molar-refractivity contribution in [2.75, 3.05) is 0 Å². The molecular formula is C29H36O4S. The van der Waals surface area contributed by atoms with Gasteiger partial charge in [0.25, 0.3) is 0 Å². The van der Waals surface area contributed by atoms with Crippen LogP contribution in [0.2, 0.25) is 0 Å². The summed E-state index contributed by atoms with van der Waals surface area (Å²) < 4.78 is 38.4. The quantitative estimate of drug-likeness (QED) is 0.371. The topological polar surface area (TPSA) is 52.6 Å². The van der Waals surface area contributed by atoms with Crippen LogP contribution in [0, 0.1) is 0 Å². The minimum Gasteiger partial charge on any atom is -0.488 e. The Labute approximate surface area is 204 Å². The Hall–Kier alpha value is -2.79. The van der Waals surface area contributed by atoms with Gasteiger partial charge in [0, 0.05) is 0 Å². The number of sulfone groups is 1. The van der Waals surface area contributed by atoms with Crippen molar-refractivity contribution < 1.29 is 17.9 Å². The minimum absolute atomic E-state index is 0.0323. The zero-order valence-corrected chi connectivity index (χ0v) is 22.3. The lowest BCUT2D eigenvalue weighted by atomic mass is 9.87. The van der Waals surface area contributed by atoms with Gasteiger partial charge in [0.05, 0.1) is 9.79 Å². The van der Waals surface area contributed by atoms with E-state index in [1.807, 2.05) is 83.1 Å². The lowest BCUT2D eigenvalue weighted by Crippen LogP contribution is -2.25. The number of hydrogen-bond acceptors (Lipinski definition) is 4. The maximum atomic E-state index is 13.1. The van der Waals surface area contributed by atoms with Crippen LogP contribution in [0.15, 0.2) is 82.6 Å². The van der Waals surface area contributed by atoms with Crippen LogP contribution in [0.3, 0.4) is 0 Å². The van der Waals surface area contributed by atoms with E-state index in [4.69, 9.17) is 9.47 Å². The van der Waals surface area contributed by atoms with Crippen LogP contribution in [-0.4, -0.2) is 14.0 Å². The van der Waals surface area contributed by atoms with Gasteiger partial charge < -0.3 is 9.47 Å². The highest BCUT2D eigenvalue weighted by Gasteiger charge is 2.25. The van der Waals surface area contributed by atoms with Crippen LogP contribution in [0.5, 0.6) is 11.5 Å². The molecule has 0 amide bonds. The predicted molar refractivity (Wildman–Crippen MR) is 138 cm³/mol. The van der Waals surface area contributed by atoms with Gasteiger partial charge in [-0.15, -0.1) is 0 Å². The van der Waals surface area contributed by atoms with Crippen LogP contribution in [-0.2, 0) is 20.9 Å². The van der Waals surface area contributed by atoms with Gasteiger partial charge in [0.15, 0.2) is 0 Å². The fraction of sp³-hybridized carbons (Fsp3) is 0.379. The van der Waals surface area contributed by atoms with Gasteiger partial charge in [-0.05, 0) is 99.7 Å². The monoisotopic (exact) mass is 480 g/mol. The van der Waals surface area contributed by atoms with E-state index in [2.05, 4.69) is 20.8 Å². The third kappa shape index (κ3) is 6.20. The Morgan fingerprint density at radius 3 is 1.29 bits per heavy atom. The normalized spacial score (nSPS) is 12.9. The number of ether oxygens (including phenoxy) is 2. The average molecular weight is 481 g/mol. The molecule has 182 valence electrons. The van der Waals surface area contributed by atoms with Gasteiger partial charge in [-0.2, -0.15) is 0 Å². The highest BCUT2D eigenvalue weighted by molar-refractivity contribution is 7.91. The first-order valence-electron chi connectivity index (χ1n) is 11.5. The molecule has 0 spiro atoms. The van der Waals surface area contributed by atoms with Crippen LogP contribution in [0.4, 0.5) is 0 Å². The van der Waals surface area contributed by atoms with Crippen molar-refractivity contribution in [2.45, 2.75) is 81.8 Å². The third-order valence-corrected chi connectivity index (χ3v) is 7.30. The van der Waals surface area contributed by atoms with Gasteiger partial charge in [0.1, 0.15) is 22.7 Å². The lowest BCUT2D eigenvalue weighted by Gasteiger charge is -2.28. The molecule has 0 atom stereocenters. The second-order valence-electron chi connectivity index (χ2n) is 11.1. The summed E-state index contributed by atoms with van der Waals surface area (Å²) in [6, 6.07) is 21.6. The largest absolute Gasteiger partial charge is 0.488 e. The third-order valence-electron chi connectivity index (χ3n) is 5.51. The average Bonchev–Trinajstić information content (AvgIpc) is 2.73. The molecular weight excluding hydrogens is 444 g/mol. The summed E-state index contributed by atoms with van der Waals surface area (Å²) in [5.74, 6) is 1.49. The molecule has 5 heteroatoms. The molecule has 0 aromatic heterocycles. The fourth-order valence-electron chi connectivity index (χ4n) is 3.59. The summed E-state index contributed by atoms with van der Waals surface area (Å²) in [5.41, 5.74) is 1.03. The van der Waals surface area contributed by atoms with Crippen molar-refractivity contribution in [2.24, 2.45) is 0 Å². The molecule has 3 aromatic carbocycles. The standard InChI is InChI=1S/C29H36O4S/c1-27(2,3)21-9-17-25(18-10-21)34(30,31)26-19-11-22(12-20-26)29(7,8)33-24-15-13-23(14-16-24)32-28(4,5)6/h9-20H,1-8H3. The first-order valence-corrected chi connectivity index (χ1v) is 13.0. The van der Waals surface area contributed by atoms with E-state index in [9.17, 15) is 8.42 Å². The van der Waals surface area contributed by atoms with E-state index in [0.717, 1.165) is 16.9 Å². The summed E-state index contributed by atoms with van der Waals surface area (Å²) in [5, 5.41) is 0. The molecule has 3 aromatic rings. The molecule has 0 saturated carbocycles. The Bertz CT molecular complexity index is 1210. The van der Waals surface area contributed by atoms with Gasteiger partial charge in [-0.25, -0.2) is 8.42 Å². The zero-order valence-electron chi connectivity index (χ0n) is 21.5. The molecule has 0 radical (unpaired) electrons. The summed E-state index contributed by atoms with van der Waals surface area (Å²) in [7, 11) is -3.60. The maximum absolute atomic E-state index is 13.1. The molecule has 4 nitrogen and oxygen atoms in total. The van der Waals surface area contributed by atoms with Gasteiger partial charge in [-0.3, -0.25) is 0 Å². The van der Waals surface area contributed by atoms with E-state index in [0.29, 0.717) is 10.6 Å². The van der Waals surface area contributed by atoms with Gasteiger partial charge in [-0.1, -0.05) is 45.0 Å². The highest BCUT2D eigenvalue weighted by Crippen LogP contribution is 2.31. The molecule has 0 aliphatic carbocycles. The molecule has 0 aliphatic heterocycles. The van der Waals surface area contributed by atoms with Crippen LogP contribution < -0.4 is 9.47 Å². The van der Waals surface area contributed by atoms with Crippen LogP contribution >= 0.6 is 0 Å². The molecule has 34 heavy (non-hydrogen) atoms. The maximum Gasteiger partial charge on any atom is 0.206 e. The van der Waals surface area contributed by atoms with Crippen molar-refractivity contribution >= 4 is 9.84 Å². The molecule has 0 aliphatic rings. The summed E-state index contributed by atoms with van der Waals surface area (Å²) in [4.78, 5) is 0.556. The SMILES string of the molecule is CC(C)(C)Oc1ccc(OC(C)(C)c2ccc(S(=O)(=O)c3ccc(C(C)(C)C)cc3)cc2)cc1. The van der Waals surface area contributed by atoms with E-state index in [1.54, 1.807) is 24.3 Å². The van der Waals surface area contributed by atoms with Crippen LogP contribution in [0.1, 0.15) is 66.5 Å². The zero-order chi connectivity index (χ0) is 25.4. The number of rotatable bonds is 6. The summed E-state index contributed by atoms with van der Waals surface area (Å²) in [6.07, 6.45) is 0. The highest BCUT2D eigenvalue weighted by atomic mass is 32.2. The smallest absolute Gasteiger partial charge is 0.206 e. The molecule has 0 heterocycles. The van der Waals surface area contributed by atoms with E-state index in [-0.39, 0.29) is 15.9 Å². The Kier molecular flexibility index (Phi) is 6.92. The molecule has 3 rings (SSSR count). The molecule has 0 unspecified atom stereocenters. The van der Waals surface area contributed by atoms with E-state index >= 15 is 0 Å². The number of benzene rings is 3. The molecule has 0 bridgehead atoms.